The van der Waals surface area contributed by atoms with Gasteiger partial charge in [0.05, 0.1) is 23.0 Å². The predicted molar refractivity (Wildman–Crippen MR) is 80.4 cm³/mol. The minimum atomic E-state index is -0.168. The first kappa shape index (κ1) is 13.7. The molecule has 1 aromatic carbocycles. The molecule has 2 heterocycles. The van der Waals surface area contributed by atoms with Crippen LogP contribution in [0.4, 0.5) is 5.69 Å². The molecule has 1 aliphatic heterocycles. The zero-order valence-electron chi connectivity index (χ0n) is 12.5. The van der Waals surface area contributed by atoms with Gasteiger partial charge in [-0.25, -0.2) is 0 Å². The Morgan fingerprint density at radius 1 is 1.38 bits per heavy atom. The lowest BCUT2D eigenvalue weighted by Crippen LogP contribution is -2.32. The Morgan fingerprint density at radius 3 is 2.86 bits per heavy atom. The third-order valence-corrected chi connectivity index (χ3v) is 4.01. The second kappa shape index (κ2) is 5.24. The second-order valence-corrected chi connectivity index (χ2v) is 5.48. The van der Waals surface area contributed by atoms with Crippen LogP contribution in [0.25, 0.3) is 0 Å². The van der Waals surface area contributed by atoms with Crippen molar-refractivity contribution in [3.63, 3.8) is 0 Å². The summed E-state index contributed by atoms with van der Waals surface area (Å²) in [7, 11) is 1.87. The van der Waals surface area contributed by atoms with Gasteiger partial charge in [0.2, 0.25) is 5.91 Å². The van der Waals surface area contributed by atoms with Crippen LogP contribution in [0.15, 0.2) is 24.3 Å². The van der Waals surface area contributed by atoms with Gasteiger partial charge in [-0.2, -0.15) is 5.10 Å². The molecule has 1 atom stereocenters. The molecule has 1 N–H and O–H groups in total. The molecule has 0 fully saturated rings. The summed E-state index contributed by atoms with van der Waals surface area (Å²) in [5.74, 6) is 0.706. The Hall–Kier alpha value is -2.30. The molecule has 2 aromatic rings. The number of para-hydroxylation sites is 1. The summed E-state index contributed by atoms with van der Waals surface area (Å²) in [5.41, 5.74) is 3.68. The van der Waals surface area contributed by atoms with Crippen LogP contribution in [-0.4, -0.2) is 22.3 Å². The molecular formula is C16H19N3O2. The third kappa shape index (κ3) is 2.51. The van der Waals surface area contributed by atoms with Crippen molar-refractivity contribution < 1.29 is 9.53 Å². The Kier molecular flexibility index (Phi) is 3.41. The standard InChI is InChI=1S/C16H19N3O2/c1-10-15(11(2)19(3)18-10)17-16(20)13-8-12-6-4-5-7-14(12)21-9-13/h4-7,13H,8-9H2,1-3H3,(H,17,20). The number of ether oxygens (including phenoxy) is 1. The summed E-state index contributed by atoms with van der Waals surface area (Å²) in [5, 5.41) is 7.31. The zero-order chi connectivity index (χ0) is 15.0. The summed E-state index contributed by atoms with van der Waals surface area (Å²) in [6.45, 7) is 4.26. The van der Waals surface area contributed by atoms with Crippen LogP contribution < -0.4 is 10.1 Å². The van der Waals surface area contributed by atoms with Gasteiger partial charge in [0.1, 0.15) is 12.4 Å². The molecule has 3 rings (SSSR count). The van der Waals surface area contributed by atoms with Gasteiger partial charge in [-0.3, -0.25) is 9.48 Å². The summed E-state index contributed by atoms with van der Waals surface area (Å²) < 4.78 is 7.45. The van der Waals surface area contributed by atoms with E-state index < -0.39 is 0 Å². The predicted octanol–water partition coefficient (Wildman–Crippen LogP) is 2.23. The molecule has 1 aromatic heterocycles. The van der Waals surface area contributed by atoms with Crippen molar-refractivity contribution in [1.29, 1.82) is 0 Å². The molecule has 0 radical (unpaired) electrons. The maximum absolute atomic E-state index is 12.5. The van der Waals surface area contributed by atoms with E-state index in [1.807, 2.05) is 45.2 Å². The van der Waals surface area contributed by atoms with E-state index in [-0.39, 0.29) is 11.8 Å². The van der Waals surface area contributed by atoms with Crippen molar-refractivity contribution in [3.05, 3.63) is 41.2 Å². The molecule has 5 heteroatoms. The van der Waals surface area contributed by atoms with Crippen LogP contribution in [0.2, 0.25) is 0 Å². The highest BCUT2D eigenvalue weighted by atomic mass is 16.5. The Morgan fingerprint density at radius 2 is 2.14 bits per heavy atom. The largest absolute Gasteiger partial charge is 0.492 e. The zero-order valence-corrected chi connectivity index (χ0v) is 12.5. The molecular weight excluding hydrogens is 266 g/mol. The van der Waals surface area contributed by atoms with Crippen molar-refractivity contribution in [2.75, 3.05) is 11.9 Å². The van der Waals surface area contributed by atoms with Gasteiger partial charge >= 0.3 is 0 Å². The van der Waals surface area contributed by atoms with E-state index in [4.69, 9.17) is 4.74 Å². The topological polar surface area (TPSA) is 56.2 Å². The molecule has 0 spiro atoms. The number of nitrogens with one attached hydrogen (secondary N) is 1. The number of hydrogen-bond donors (Lipinski definition) is 1. The number of aromatic nitrogens is 2. The maximum atomic E-state index is 12.5. The van der Waals surface area contributed by atoms with Gasteiger partial charge in [0.25, 0.3) is 0 Å². The third-order valence-electron chi connectivity index (χ3n) is 4.01. The number of hydrogen-bond acceptors (Lipinski definition) is 3. The quantitative estimate of drug-likeness (QED) is 0.920. The average molecular weight is 285 g/mol. The summed E-state index contributed by atoms with van der Waals surface area (Å²) >= 11 is 0. The van der Waals surface area contributed by atoms with Gasteiger partial charge in [-0.1, -0.05) is 18.2 Å². The SMILES string of the molecule is Cc1nn(C)c(C)c1NC(=O)C1COc2ccccc2C1. The van der Waals surface area contributed by atoms with Gasteiger partial charge in [-0.05, 0) is 31.9 Å². The maximum Gasteiger partial charge on any atom is 0.231 e. The smallest absolute Gasteiger partial charge is 0.231 e. The number of fused-ring (bicyclic) bond motifs is 1. The highest BCUT2D eigenvalue weighted by molar-refractivity contribution is 5.94. The van der Waals surface area contributed by atoms with Gasteiger partial charge in [-0.15, -0.1) is 0 Å². The van der Waals surface area contributed by atoms with E-state index >= 15 is 0 Å². The Labute approximate surface area is 123 Å². The molecule has 21 heavy (non-hydrogen) atoms. The lowest BCUT2D eigenvalue weighted by Gasteiger charge is -2.24. The lowest BCUT2D eigenvalue weighted by molar-refractivity contribution is -0.121. The van der Waals surface area contributed by atoms with Crippen LogP contribution in [0.1, 0.15) is 17.0 Å². The van der Waals surface area contributed by atoms with E-state index in [0.717, 1.165) is 28.4 Å². The van der Waals surface area contributed by atoms with Crippen molar-refractivity contribution in [2.45, 2.75) is 20.3 Å². The van der Waals surface area contributed by atoms with Crippen LogP contribution in [0.5, 0.6) is 5.75 Å². The number of amides is 1. The van der Waals surface area contributed by atoms with Gasteiger partial charge in [0, 0.05) is 7.05 Å². The fourth-order valence-corrected chi connectivity index (χ4v) is 2.68. The number of aryl methyl sites for hydroxylation is 2. The molecule has 110 valence electrons. The lowest BCUT2D eigenvalue weighted by atomic mass is 9.96. The Bertz CT molecular complexity index is 691. The van der Waals surface area contributed by atoms with Crippen molar-refractivity contribution in [3.8, 4) is 5.75 Å². The molecule has 0 bridgehead atoms. The number of carbonyl (C=O) groups is 1. The van der Waals surface area contributed by atoms with E-state index in [0.29, 0.717) is 13.0 Å². The highest BCUT2D eigenvalue weighted by Crippen LogP contribution is 2.28. The van der Waals surface area contributed by atoms with Crippen molar-refractivity contribution in [1.82, 2.24) is 9.78 Å². The number of rotatable bonds is 2. The minimum Gasteiger partial charge on any atom is -0.492 e. The second-order valence-electron chi connectivity index (χ2n) is 5.48. The van der Waals surface area contributed by atoms with E-state index in [9.17, 15) is 4.79 Å². The molecule has 1 aliphatic rings. The van der Waals surface area contributed by atoms with Gasteiger partial charge in [0.15, 0.2) is 0 Å². The summed E-state index contributed by atoms with van der Waals surface area (Å²) in [6.07, 6.45) is 0.709. The normalized spacial score (nSPS) is 17.0. The van der Waals surface area contributed by atoms with Crippen molar-refractivity contribution >= 4 is 11.6 Å². The first-order valence-corrected chi connectivity index (χ1v) is 7.08. The monoisotopic (exact) mass is 285 g/mol. The first-order valence-electron chi connectivity index (χ1n) is 7.08. The summed E-state index contributed by atoms with van der Waals surface area (Å²) in [6, 6.07) is 7.87. The fourth-order valence-electron chi connectivity index (χ4n) is 2.68. The number of nitrogens with zero attached hydrogens (tertiary/aromatic N) is 2. The summed E-state index contributed by atoms with van der Waals surface area (Å²) in [4.78, 5) is 12.5. The average Bonchev–Trinajstić information content (AvgIpc) is 2.73. The van der Waals surface area contributed by atoms with Crippen LogP contribution in [-0.2, 0) is 18.3 Å². The van der Waals surface area contributed by atoms with Crippen LogP contribution in [0, 0.1) is 19.8 Å². The molecule has 0 saturated heterocycles. The number of benzene rings is 1. The number of anilines is 1. The van der Waals surface area contributed by atoms with Crippen LogP contribution >= 0.6 is 0 Å². The molecule has 1 amide bonds. The fraction of sp³-hybridized carbons (Fsp3) is 0.375. The minimum absolute atomic E-state index is 0.0105. The Balaban J connectivity index is 1.75. The number of carbonyl (C=O) groups excluding carboxylic acids is 1. The first-order chi connectivity index (χ1) is 10.1. The highest BCUT2D eigenvalue weighted by Gasteiger charge is 2.27. The van der Waals surface area contributed by atoms with E-state index in [1.54, 1.807) is 4.68 Å². The van der Waals surface area contributed by atoms with Crippen LogP contribution in [0.3, 0.4) is 0 Å². The molecule has 5 nitrogen and oxygen atoms in total. The van der Waals surface area contributed by atoms with E-state index in [2.05, 4.69) is 10.4 Å². The van der Waals surface area contributed by atoms with Gasteiger partial charge < -0.3 is 10.1 Å². The van der Waals surface area contributed by atoms with E-state index in [1.165, 1.54) is 0 Å². The molecule has 1 unspecified atom stereocenters. The van der Waals surface area contributed by atoms with Crippen molar-refractivity contribution in [2.24, 2.45) is 13.0 Å². The molecule has 0 aliphatic carbocycles. The molecule has 0 saturated carbocycles.